The second-order valence-electron chi connectivity index (χ2n) is 7.28. The number of aliphatic imine (C=N–C) groups is 1. The first-order valence-corrected chi connectivity index (χ1v) is 11.0. The van der Waals surface area contributed by atoms with Gasteiger partial charge in [0.05, 0.1) is 33.5 Å². The highest BCUT2D eigenvalue weighted by atomic mass is 16.5. The third-order valence-corrected chi connectivity index (χ3v) is 5.09. The highest BCUT2D eigenvalue weighted by molar-refractivity contribution is 5.93. The highest BCUT2D eigenvalue weighted by Crippen LogP contribution is 2.30. The molecule has 7 nitrogen and oxygen atoms in total. The van der Waals surface area contributed by atoms with E-state index in [0.29, 0.717) is 24.7 Å². The van der Waals surface area contributed by atoms with Gasteiger partial charge in [0.25, 0.3) is 0 Å². The molecule has 2 aromatic carbocycles. The van der Waals surface area contributed by atoms with E-state index in [-0.39, 0.29) is 0 Å². The molecule has 0 amide bonds. The summed E-state index contributed by atoms with van der Waals surface area (Å²) in [6.45, 7) is 10.5. The van der Waals surface area contributed by atoms with Gasteiger partial charge in [0.1, 0.15) is 0 Å². The summed E-state index contributed by atoms with van der Waals surface area (Å²) in [4.78, 5) is 7.26. The number of ether oxygens (including phenoxy) is 3. The summed E-state index contributed by atoms with van der Waals surface area (Å²) in [5, 5.41) is 6.70. The Kier molecular flexibility index (Phi) is 8.99. The Morgan fingerprint density at radius 1 is 1.06 bits per heavy atom. The SMILES string of the molecule is CCNC(=NCc1ccccc1CN1CCOCC1)Nc1ccc(OC)c(OCC)c1. The Balaban J connectivity index is 1.72. The molecule has 3 rings (SSSR count). The Morgan fingerprint density at radius 3 is 2.55 bits per heavy atom. The third kappa shape index (κ3) is 6.87. The third-order valence-electron chi connectivity index (χ3n) is 5.09. The van der Waals surface area contributed by atoms with Crippen LogP contribution in [-0.4, -0.2) is 57.4 Å². The van der Waals surface area contributed by atoms with Crippen molar-refractivity contribution in [2.24, 2.45) is 4.99 Å². The fraction of sp³-hybridized carbons (Fsp3) is 0.458. The van der Waals surface area contributed by atoms with Crippen molar-refractivity contribution in [3.8, 4) is 11.5 Å². The number of anilines is 1. The van der Waals surface area contributed by atoms with Crippen LogP contribution in [0.15, 0.2) is 47.5 Å². The first kappa shape index (κ1) is 22.9. The van der Waals surface area contributed by atoms with Crippen LogP contribution >= 0.6 is 0 Å². The maximum Gasteiger partial charge on any atom is 0.196 e. The topological polar surface area (TPSA) is 67.4 Å². The Bertz CT molecular complexity index is 850. The lowest BCUT2D eigenvalue weighted by Gasteiger charge is -2.27. The minimum atomic E-state index is 0.577. The summed E-state index contributed by atoms with van der Waals surface area (Å²) >= 11 is 0. The van der Waals surface area contributed by atoms with Crippen molar-refractivity contribution in [2.45, 2.75) is 26.9 Å². The predicted octanol–water partition coefficient (Wildman–Crippen LogP) is 3.50. The molecule has 0 atom stereocenters. The van der Waals surface area contributed by atoms with Gasteiger partial charge in [-0.15, -0.1) is 0 Å². The molecule has 31 heavy (non-hydrogen) atoms. The molecule has 1 aliphatic rings. The summed E-state index contributed by atoms with van der Waals surface area (Å²) in [5.41, 5.74) is 3.44. The zero-order valence-corrected chi connectivity index (χ0v) is 18.8. The van der Waals surface area contributed by atoms with Crippen LogP contribution in [0.5, 0.6) is 11.5 Å². The first-order chi connectivity index (χ1) is 15.2. The molecule has 168 valence electrons. The molecular formula is C24H34N4O3. The lowest BCUT2D eigenvalue weighted by molar-refractivity contribution is 0.0341. The molecule has 0 radical (unpaired) electrons. The highest BCUT2D eigenvalue weighted by Gasteiger charge is 2.13. The summed E-state index contributed by atoms with van der Waals surface area (Å²) in [6, 6.07) is 14.3. The number of hydrogen-bond acceptors (Lipinski definition) is 5. The number of morpholine rings is 1. The van der Waals surface area contributed by atoms with Crippen LogP contribution in [0.2, 0.25) is 0 Å². The average Bonchev–Trinajstić information content (AvgIpc) is 2.80. The zero-order valence-electron chi connectivity index (χ0n) is 18.8. The van der Waals surface area contributed by atoms with Crippen molar-refractivity contribution in [1.29, 1.82) is 0 Å². The number of methoxy groups -OCH3 is 1. The van der Waals surface area contributed by atoms with Gasteiger partial charge in [-0.25, -0.2) is 4.99 Å². The van der Waals surface area contributed by atoms with Gasteiger partial charge in [-0.05, 0) is 37.1 Å². The van der Waals surface area contributed by atoms with Crippen LogP contribution in [0.25, 0.3) is 0 Å². The van der Waals surface area contributed by atoms with Crippen molar-refractivity contribution < 1.29 is 14.2 Å². The van der Waals surface area contributed by atoms with E-state index in [4.69, 9.17) is 19.2 Å². The summed E-state index contributed by atoms with van der Waals surface area (Å²) in [7, 11) is 1.64. The van der Waals surface area contributed by atoms with Crippen LogP contribution in [0.1, 0.15) is 25.0 Å². The molecule has 2 N–H and O–H groups in total. The van der Waals surface area contributed by atoms with E-state index < -0.39 is 0 Å². The van der Waals surface area contributed by atoms with E-state index in [1.165, 1.54) is 11.1 Å². The molecule has 2 aromatic rings. The molecule has 0 unspecified atom stereocenters. The van der Waals surface area contributed by atoms with Gasteiger partial charge in [0.2, 0.25) is 0 Å². The maximum absolute atomic E-state index is 5.69. The lowest BCUT2D eigenvalue weighted by atomic mass is 10.1. The summed E-state index contributed by atoms with van der Waals surface area (Å²) in [5.74, 6) is 2.16. The van der Waals surface area contributed by atoms with Crippen LogP contribution in [0.3, 0.4) is 0 Å². The van der Waals surface area contributed by atoms with Gasteiger partial charge in [-0.1, -0.05) is 24.3 Å². The molecule has 1 fully saturated rings. The number of rotatable bonds is 9. The van der Waals surface area contributed by atoms with Crippen LogP contribution in [-0.2, 0) is 17.8 Å². The normalized spacial score (nSPS) is 14.9. The number of benzene rings is 2. The van der Waals surface area contributed by atoms with Crippen LogP contribution in [0, 0.1) is 0 Å². The van der Waals surface area contributed by atoms with Crippen molar-refractivity contribution >= 4 is 11.6 Å². The summed E-state index contributed by atoms with van der Waals surface area (Å²) in [6.07, 6.45) is 0. The van der Waals surface area contributed by atoms with E-state index in [1.54, 1.807) is 7.11 Å². The zero-order chi connectivity index (χ0) is 21.9. The summed E-state index contributed by atoms with van der Waals surface area (Å²) < 4.78 is 16.5. The van der Waals surface area contributed by atoms with Gasteiger partial charge < -0.3 is 24.8 Å². The molecule has 1 heterocycles. The van der Waals surface area contributed by atoms with E-state index in [9.17, 15) is 0 Å². The van der Waals surface area contributed by atoms with Crippen molar-refractivity contribution in [2.75, 3.05) is 51.9 Å². The van der Waals surface area contributed by atoms with Crippen molar-refractivity contribution in [3.05, 3.63) is 53.6 Å². The largest absolute Gasteiger partial charge is 0.493 e. The molecule has 1 aliphatic heterocycles. The average molecular weight is 427 g/mol. The number of guanidine groups is 1. The maximum atomic E-state index is 5.69. The van der Waals surface area contributed by atoms with Gasteiger partial charge in [-0.2, -0.15) is 0 Å². The number of nitrogens with one attached hydrogen (secondary N) is 2. The fourth-order valence-electron chi connectivity index (χ4n) is 3.50. The van der Waals surface area contributed by atoms with E-state index in [1.807, 2.05) is 25.1 Å². The molecule has 0 aromatic heterocycles. The smallest absolute Gasteiger partial charge is 0.196 e. The standard InChI is InChI=1S/C24H34N4O3/c1-4-25-24(27-21-10-11-22(29-3)23(16-21)31-5-2)26-17-19-8-6-7-9-20(19)18-28-12-14-30-15-13-28/h6-11,16H,4-5,12-15,17-18H2,1-3H3,(H2,25,26,27). The first-order valence-electron chi connectivity index (χ1n) is 11.0. The molecule has 0 spiro atoms. The van der Waals surface area contributed by atoms with E-state index in [0.717, 1.165) is 51.0 Å². The second-order valence-corrected chi connectivity index (χ2v) is 7.28. The fourth-order valence-corrected chi connectivity index (χ4v) is 3.50. The van der Waals surface area contributed by atoms with Gasteiger partial charge >= 0.3 is 0 Å². The van der Waals surface area contributed by atoms with Crippen molar-refractivity contribution in [3.63, 3.8) is 0 Å². The Labute approximate surface area is 185 Å². The Morgan fingerprint density at radius 2 is 1.84 bits per heavy atom. The van der Waals surface area contributed by atoms with Gasteiger partial charge in [0, 0.05) is 37.9 Å². The minimum absolute atomic E-state index is 0.577. The monoisotopic (exact) mass is 426 g/mol. The molecule has 7 heteroatoms. The van der Waals surface area contributed by atoms with E-state index >= 15 is 0 Å². The van der Waals surface area contributed by atoms with Crippen molar-refractivity contribution in [1.82, 2.24) is 10.2 Å². The van der Waals surface area contributed by atoms with E-state index in [2.05, 4.69) is 46.7 Å². The number of hydrogen-bond donors (Lipinski definition) is 2. The quantitative estimate of drug-likeness (QED) is 0.473. The predicted molar refractivity (Wildman–Crippen MR) is 125 cm³/mol. The molecular weight excluding hydrogens is 392 g/mol. The molecule has 1 saturated heterocycles. The lowest BCUT2D eigenvalue weighted by Crippen LogP contribution is -2.35. The minimum Gasteiger partial charge on any atom is -0.493 e. The number of nitrogens with zero attached hydrogens (tertiary/aromatic N) is 2. The molecule has 0 aliphatic carbocycles. The molecule has 0 bridgehead atoms. The Hall–Kier alpha value is -2.77. The second kappa shape index (κ2) is 12.2. The van der Waals surface area contributed by atoms with Crippen LogP contribution < -0.4 is 20.1 Å². The van der Waals surface area contributed by atoms with Gasteiger partial charge in [0.15, 0.2) is 17.5 Å². The molecule has 0 saturated carbocycles. The van der Waals surface area contributed by atoms with Gasteiger partial charge in [-0.3, -0.25) is 4.90 Å². The van der Waals surface area contributed by atoms with Crippen LogP contribution in [0.4, 0.5) is 5.69 Å².